The second-order valence-electron chi connectivity index (χ2n) is 10.6. The van der Waals surface area contributed by atoms with Gasteiger partial charge in [-0.1, -0.05) is 19.3 Å². The van der Waals surface area contributed by atoms with Crippen LogP contribution >= 0.6 is 0 Å². The lowest BCUT2D eigenvalue weighted by atomic mass is 9.95. The average molecular weight is 567 g/mol. The molecule has 12 nitrogen and oxygen atoms in total. The molecule has 220 valence electrons. The Kier molecular flexibility index (Phi) is 9.17. The summed E-state index contributed by atoms with van der Waals surface area (Å²) in [5, 5.41) is 15.9. The number of amides is 2. The number of aromatic nitrogens is 4. The van der Waals surface area contributed by atoms with Crippen LogP contribution in [0.15, 0.2) is 34.7 Å². The van der Waals surface area contributed by atoms with Gasteiger partial charge in [0.15, 0.2) is 17.5 Å². The highest BCUT2D eigenvalue weighted by Gasteiger charge is 2.37. The van der Waals surface area contributed by atoms with Gasteiger partial charge in [-0.25, -0.2) is 0 Å². The van der Waals surface area contributed by atoms with Crippen molar-refractivity contribution in [3.8, 4) is 22.9 Å². The quantitative estimate of drug-likeness (QED) is 0.370. The molecule has 0 unspecified atom stereocenters. The van der Waals surface area contributed by atoms with Gasteiger partial charge in [0.25, 0.3) is 5.91 Å². The zero-order valence-corrected chi connectivity index (χ0v) is 23.9. The first-order valence-electron chi connectivity index (χ1n) is 14.2. The molecule has 3 aromatic rings. The van der Waals surface area contributed by atoms with Crippen LogP contribution in [0, 0.1) is 6.92 Å². The second-order valence-corrected chi connectivity index (χ2v) is 10.6. The van der Waals surface area contributed by atoms with Crippen LogP contribution in [0.4, 0.5) is 0 Å². The lowest BCUT2D eigenvalue weighted by Gasteiger charge is -2.33. The molecule has 12 heteroatoms. The van der Waals surface area contributed by atoms with Gasteiger partial charge in [0.2, 0.25) is 11.7 Å². The molecule has 1 aliphatic heterocycles. The van der Waals surface area contributed by atoms with Crippen LogP contribution in [0.25, 0.3) is 11.4 Å². The van der Waals surface area contributed by atoms with Crippen LogP contribution in [-0.2, 0) is 20.9 Å². The Balaban J connectivity index is 1.40. The van der Waals surface area contributed by atoms with E-state index in [-0.39, 0.29) is 37.0 Å². The third-order valence-electron chi connectivity index (χ3n) is 7.66. The number of ether oxygens (including phenoxy) is 3. The van der Waals surface area contributed by atoms with E-state index in [1.807, 2.05) is 6.92 Å². The number of carbonyl (C=O) groups excluding carboxylic acids is 2. The van der Waals surface area contributed by atoms with E-state index in [0.717, 1.165) is 38.5 Å². The first-order valence-corrected chi connectivity index (χ1v) is 14.2. The standard InChI is InChI=1S/C29H38N6O6/c1-19-11-13-24(41-19)27(29(37)30-21-8-5-4-6-9-21)34(17-22-10-7-15-40-22)26(36)18-35-32-28(31-33-35)20-12-14-23(38-2)25(16-20)39-3/h11-14,16,21-22,27H,4-10,15,17-18H2,1-3H3,(H,30,37)/t22-,27-/m1/s1. The van der Waals surface area contributed by atoms with Crippen molar-refractivity contribution in [3.05, 3.63) is 41.9 Å². The average Bonchev–Trinajstić information content (AvgIpc) is 3.76. The van der Waals surface area contributed by atoms with Crippen LogP contribution in [0.2, 0.25) is 0 Å². The number of rotatable bonds is 11. The van der Waals surface area contributed by atoms with Crippen molar-refractivity contribution in [2.75, 3.05) is 27.4 Å². The smallest absolute Gasteiger partial charge is 0.250 e. The van der Waals surface area contributed by atoms with E-state index >= 15 is 0 Å². The van der Waals surface area contributed by atoms with Crippen molar-refractivity contribution in [2.24, 2.45) is 0 Å². The number of benzene rings is 1. The largest absolute Gasteiger partial charge is 0.493 e. The van der Waals surface area contributed by atoms with E-state index in [4.69, 9.17) is 18.6 Å². The predicted octanol–water partition coefficient (Wildman–Crippen LogP) is 3.46. The lowest BCUT2D eigenvalue weighted by molar-refractivity contribution is -0.144. The predicted molar refractivity (Wildman–Crippen MR) is 148 cm³/mol. The summed E-state index contributed by atoms with van der Waals surface area (Å²) in [6, 6.07) is 7.99. The van der Waals surface area contributed by atoms with Crippen LogP contribution in [0.1, 0.15) is 62.5 Å². The molecule has 5 rings (SSSR count). The Morgan fingerprint density at radius 3 is 2.56 bits per heavy atom. The van der Waals surface area contributed by atoms with E-state index in [9.17, 15) is 9.59 Å². The van der Waals surface area contributed by atoms with Gasteiger partial charge in [-0.05, 0) is 68.2 Å². The fourth-order valence-corrected chi connectivity index (χ4v) is 5.52. The second kappa shape index (κ2) is 13.2. The summed E-state index contributed by atoms with van der Waals surface area (Å²) in [6.45, 7) is 2.49. The number of hydrogen-bond donors (Lipinski definition) is 1. The Hall–Kier alpha value is -3.93. The zero-order valence-electron chi connectivity index (χ0n) is 23.9. The lowest BCUT2D eigenvalue weighted by Crippen LogP contribution is -2.49. The molecule has 1 aromatic carbocycles. The van der Waals surface area contributed by atoms with Gasteiger partial charge in [-0.3, -0.25) is 9.59 Å². The van der Waals surface area contributed by atoms with E-state index in [0.29, 0.717) is 41.0 Å². The van der Waals surface area contributed by atoms with Gasteiger partial charge in [-0.15, -0.1) is 10.2 Å². The Bertz CT molecular complexity index is 1330. The highest BCUT2D eigenvalue weighted by molar-refractivity contribution is 5.88. The van der Waals surface area contributed by atoms with Gasteiger partial charge in [-0.2, -0.15) is 4.80 Å². The number of methoxy groups -OCH3 is 2. The van der Waals surface area contributed by atoms with E-state index in [2.05, 4.69) is 20.7 Å². The monoisotopic (exact) mass is 566 g/mol. The highest BCUT2D eigenvalue weighted by atomic mass is 16.5. The number of nitrogens with one attached hydrogen (secondary N) is 1. The molecule has 1 saturated heterocycles. The van der Waals surface area contributed by atoms with Crippen LogP contribution in [0.5, 0.6) is 11.5 Å². The molecule has 1 N–H and O–H groups in total. The number of hydrogen-bond acceptors (Lipinski definition) is 9. The molecule has 2 aromatic heterocycles. The van der Waals surface area contributed by atoms with Crippen molar-refractivity contribution in [3.63, 3.8) is 0 Å². The minimum absolute atomic E-state index is 0.0792. The summed E-state index contributed by atoms with van der Waals surface area (Å²) in [4.78, 5) is 30.5. The normalized spacial score (nSPS) is 18.2. The molecule has 3 heterocycles. The molecule has 1 aliphatic carbocycles. The van der Waals surface area contributed by atoms with Crippen LogP contribution < -0.4 is 14.8 Å². The van der Waals surface area contributed by atoms with Gasteiger partial charge >= 0.3 is 0 Å². The molecule has 0 spiro atoms. The summed E-state index contributed by atoms with van der Waals surface area (Å²) in [6.07, 6.45) is 6.73. The molecule has 2 amide bonds. The minimum atomic E-state index is -0.948. The number of aryl methyl sites for hydroxylation is 1. The SMILES string of the molecule is COc1ccc(-c2nnn(CC(=O)N(C[C@H]3CCCO3)[C@@H](C(=O)NC3CCCCC3)c3ccc(C)o3)n2)cc1OC. The summed E-state index contributed by atoms with van der Waals surface area (Å²) in [5.41, 5.74) is 0.661. The summed E-state index contributed by atoms with van der Waals surface area (Å²) in [5.74, 6) is 1.93. The number of furan rings is 1. The summed E-state index contributed by atoms with van der Waals surface area (Å²) >= 11 is 0. The Labute approximate surface area is 239 Å². The van der Waals surface area contributed by atoms with Crippen LogP contribution in [0.3, 0.4) is 0 Å². The van der Waals surface area contributed by atoms with Gasteiger partial charge < -0.3 is 28.8 Å². The fourth-order valence-electron chi connectivity index (χ4n) is 5.52. The van der Waals surface area contributed by atoms with Crippen LogP contribution in [-0.4, -0.2) is 76.4 Å². The fraction of sp³-hybridized carbons (Fsp3) is 0.552. The number of carbonyl (C=O) groups is 2. The van der Waals surface area contributed by atoms with Gasteiger partial charge in [0, 0.05) is 24.8 Å². The minimum Gasteiger partial charge on any atom is -0.493 e. The first-order chi connectivity index (χ1) is 19.9. The summed E-state index contributed by atoms with van der Waals surface area (Å²) in [7, 11) is 3.11. The number of tetrazole rings is 1. The molecule has 2 atom stereocenters. The zero-order chi connectivity index (χ0) is 28.8. The van der Waals surface area contributed by atoms with Crippen molar-refractivity contribution in [2.45, 2.75) is 76.6 Å². The third kappa shape index (κ3) is 6.87. The van der Waals surface area contributed by atoms with Crippen molar-refractivity contribution in [1.29, 1.82) is 0 Å². The van der Waals surface area contributed by atoms with Gasteiger partial charge in [0.05, 0.1) is 20.3 Å². The van der Waals surface area contributed by atoms with Gasteiger partial charge in [0.1, 0.15) is 18.1 Å². The maximum atomic E-state index is 13.9. The Morgan fingerprint density at radius 2 is 1.88 bits per heavy atom. The molecule has 1 saturated carbocycles. The van der Waals surface area contributed by atoms with Crippen molar-refractivity contribution >= 4 is 11.8 Å². The van der Waals surface area contributed by atoms with E-state index in [1.165, 1.54) is 11.2 Å². The molecule has 0 bridgehead atoms. The van der Waals surface area contributed by atoms with E-state index in [1.54, 1.807) is 49.5 Å². The van der Waals surface area contributed by atoms with E-state index < -0.39 is 6.04 Å². The topological polar surface area (TPSA) is 134 Å². The molecule has 41 heavy (non-hydrogen) atoms. The molecule has 2 aliphatic rings. The Morgan fingerprint density at radius 1 is 1.07 bits per heavy atom. The van der Waals surface area contributed by atoms with Crippen molar-refractivity contribution < 1.29 is 28.2 Å². The summed E-state index contributed by atoms with van der Waals surface area (Å²) < 4.78 is 22.5. The maximum absolute atomic E-state index is 13.9. The highest BCUT2D eigenvalue weighted by Crippen LogP contribution is 2.31. The molecular weight excluding hydrogens is 528 g/mol. The first kappa shape index (κ1) is 28.6. The number of nitrogens with zero attached hydrogens (tertiary/aromatic N) is 5. The maximum Gasteiger partial charge on any atom is 0.250 e. The van der Waals surface area contributed by atoms with Crippen molar-refractivity contribution in [1.82, 2.24) is 30.4 Å². The molecule has 0 radical (unpaired) electrons. The third-order valence-corrected chi connectivity index (χ3v) is 7.66. The molecule has 2 fully saturated rings. The molecular formula is C29H38N6O6.